The summed E-state index contributed by atoms with van der Waals surface area (Å²) in [7, 11) is 1.19. The van der Waals surface area contributed by atoms with E-state index in [1.165, 1.54) is 32.2 Å². The number of nitrogens with one attached hydrogen (secondary N) is 2. The third-order valence-electron chi connectivity index (χ3n) is 4.91. The summed E-state index contributed by atoms with van der Waals surface area (Å²) in [6, 6.07) is 10.2. The minimum Gasteiger partial charge on any atom is -0.467 e. The molecule has 0 spiro atoms. The molecule has 8 nitrogen and oxygen atoms in total. The third-order valence-corrected chi connectivity index (χ3v) is 4.91. The van der Waals surface area contributed by atoms with E-state index >= 15 is 0 Å². The number of esters is 2. The van der Waals surface area contributed by atoms with E-state index in [2.05, 4.69) is 10.6 Å². The summed E-state index contributed by atoms with van der Waals surface area (Å²) < 4.78 is 24.3. The number of halogens is 1. The van der Waals surface area contributed by atoms with Gasteiger partial charge in [-0.1, -0.05) is 30.3 Å². The monoisotopic (exact) mass is 486 g/mol. The van der Waals surface area contributed by atoms with Gasteiger partial charge in [0.2, 0.25) is 11.8 Å². The van der Waals surface area contributed by atoms with Crippen LogP contribution in [0.15, 0.2) is 48.5 Å². The Morgan fingerprint density at radius 3 is 2.09 bits per heavy atom. The standard InChI is InChI=1S/C26H31FN2O6/c1-16(30)28-21(15-19-8-6-7-9-20(19)27)23(31)29-22(25(33)34-5)14-17-10-12-18(13-11-17)24(32)35-26(2,3)4/h6-13,21-22H,14-15H2,1-5H3,(H,28,30)(H,29,31)/t21-,22-/m0/s1. The van der Waals surface area contributed by atoms with Crippen LogP contribution >= 0.6 is 0 Å². The van der Waals surface area contributed by atoms with E-state index in [1.807, 2.05) is 0 Å². The summed E-state index contributed by atoms with van der Waals surface area (Å²) >= 11 is 0. The fourth-order valence-electron chi connectivity index (χ4n) is 3.30. The zero-order chi connectivity index (χ0) is 26.2. The van der Waals surface area contributed by atoms with Gasteiger partial charge in [-0.25, -0.2) is 14.0 Å². The number of amides is 2. The molecule has 0 aliphatic heterocycles. The zero-order valence-corrected chi connectivity index (χ0v) is 20.5. The van der Waals surface area contributed by atoms with Gasteiger partial charge in [-0.05, 0) is 50.1 Å². The lowest BCUT2D eigenvalue weighted by Gasteiger charge is -2.22. The van der Waals surface area contributed by atoms with Gasteiger partial charge in [0, 0.05) is 19.8 Å². The summed E-state index contributed by atoms with van der Waals surface area (Å²) in [5.41, 5.74) is 0.605. The van der Waals surface area contributed by atoms with Gasteiger partial charge in [0.1, 0.15) is 23.5 Å². The highest BCUT2D eigenvalue weighted by molar-refractivity contribution is 5.91. The van der Waals surface area contributed by atoms with E-state index in [9.17, 15) is 23.6 Å². The van der Waals surface area contributed by atoms with Crippen molar-refractivity contribution in [3.8, 4) is 0 Å². The lowest BCUT2D eigenvalue weighted by Crippen LogP contribution is -2.53. The van der Waals surface area contributed by atoms with Gasteiger partial charge >= 0.3 is 11.9 Å². The maximum Gasteiger partial charge on any atom is 0.338 e. The highest BCUT2D eigenvalue weighted by atomic mass is 19.1. The van der Waals surface area contributed by atoms with Crippen molar-refractivity contribution >= 4 is 23.8 Å². The molecule has 0 saturated heterocycles. The van der Waals surface area contributed by atoms with Gasteiger partial charge in [-0.3, -0.25) is 9.59 Å². The molecule has 2 rings (SSSR count). The molecule has 35 heavy (non-hydrogen) atoms. The number of hydrogen-bond acceptors (Lipinski definition) is 6. The van der Waals surface area contributed by atoms with Crippen LogP contribution in [-0.2, 0) is 36.7 Å². The van der Waals surface area contributed by atoms with E-state index in [1.54, 1.807) is 51.1 Å². The number of benzene rings is 2. The molecule has 0 aromatic heterocycles. The number of carbonyl (C=O) groups excluding carboxylic acids is 4. The average Bonchev–Trinajstić information content (AvgIpc) is 2.78. The van der Waals surface area contributed by atoms with Crippen LogP contribution in [0, 0.1) is 5.82 Å². The zero-order valence-electron chi connectivity index (χ0n) is 20.5. The molecule has 2 N–H and O–H groups in total. The van der Waals surface area contributed by atoms with Crippen LogP contribution in [0.4, 0.5) is 4.39 Å². The maximum absolute atomic E-state index is 14.1. The van der Waals surface area contributed by atoms with Crippen LogP contribution in [0.3, 0.4) is 0 Å². The first kappa shape index (κ1) is 27.5. The van der Waals surface area contributed by atoms with Crippen molar-refractivity contribution in [2.75, 3.05) is 7.11 Å². The van der Waals surface area contributed by atoms with E-state index in [4.69, 9.17) is 9.47 Å². The van der Waals surface area contributed by atoms with E-state index < -0.39 is 47.3 Å². The summed E-state index contributed by atoms with van der Waals surface area (Å²) in [6.45, 7) is 6.54. The van der Waals surface area contributed by atoms with Crippen molar-refractivity contribution in [1.29, 1.82) is 0 Å². The van der Waals surface area contributed by atoms with Crippen LogP contribution in [0.25, 0.3) is 0 Å². The number of hydrogen-bond donors (Lipinski definition) is 2. The fourth-order valence-corrected chi connectivity index (χ4v) is 3.30. The maximum atomic E-state index is 14.1. The van der Waals surface area contributed by atoms with Crippen molar-refractivity contribution in [2.45, 2.75) is 58.2 Å². The molecule has 188 valence electrons. The first-order chi connectivity index (χ1) is 16.4. The lowest BCUT2D eigenvalue weighted by molar-refractivity contribution is -0.145. The molecular weight excluding hydrogens is 455 g/mol. The molecular formula is C26H31FN2O6. The van der Waals surface area contributed by atoms with Crippen molar-refractivity contribution in [3.05, 3.63) is 71.0 Å². The minimum atomic E-state index is -1.11. The molecule has 0 unspecified atom stereocenters. The summed E-state index contributed by atoms with van der Waals surface area (Å²) in [5.74, 6) is -2.82. The summed E-state index contributed by atoms with van der Waals surface area (Å²) in [6.07, 6.45) is -0.0317. The van der Waals surface area contributed by atoms with Gasteiger partial charge in [-0.2, -0.15) is 0 Å². The molecule has 9 heteroatoms. The predicted molar refractivity (Wildman–Crippen MR) is 127 cm³/mol. The van der Waals surface area contributed by atoms with Gasteiger partial charge in [0.15, 0.2) is 0 Å². The van der Waals surface area contributed by atoms with Gasteiger partial charge in [0.25, 0.3) is 0 Å². The Morgan fingerprint density at radius 1 is 0.914 bits per heavy atom. The number of methoxy groups -OCH3 is 1. The SMILES string of the molecule is COC(=O)[C@H](Cc1ccc(C(=O)OC(C)(C)C)cc1)NC(=O)[C@H](Cc1ccccc1F)NC(C)=O. The summed E-state index contributed by atoms with van der Waals surface area (Å²) in [4.78, 5) is 49.2. The van der Waals surface area contributed by atoms with Crippen molar-refractivity contribution in [1.82, 2.24) is 10.6 Å². The van der Waals surface area contributed by atoms with Crippen molar-refractivity contribution < 1.29 is 33.0 Å². The molecule has 2 aromatic carbocycles. The number of rotatable bonds is 9. The highest BCUT2D eigenvalue weighted by Gasteiger charge is 2.28. The normalized spacial score (nSPS) is 12.7. The van der Waals surface area contributed by atoms with E-state index in [-0.39, 0.29) is 18.4 Å². The van der Waals surface area contributed by atoms with Gasteiger partial charge in [0.05, 0.1) is 12.7 Å². The molecule has 0 saturated carbocycles. The van der Waals surface area contributed by atoms with Gasteiger partial charge in [-0.15, -0.1) is 0 Å². The predicted octanol–water partition coefficient (Wildman–Crippen LogP) is 2.73. The summed E-state index contributed by atoms with van der Waals surface area (Å²) in [5, 5.41) is 5.09. The Bertz CT molecular complexity index is 1060. The Balaban J connectivity index is 2.16. The van der Waals surface area contributed by atoms with Crippen LogP contribution in [-0.4, -0.2) is 48.5 Å². The molecule has 0 radical (unpaired) electrons. The molecule has 0 bridgehead atoms. The lowest BCUT2D eigenvalue weighted by atomic mass is 10.0. The molecule has 0 aliphatic carbocycles. The van der Waals surface area contributed by atoms with Crippen molar-refractivity contribution in [3.63, 3.8) is 0 Å². The van der Waals surface area contributed by atoms with Crippen molar-refractivity contribution in [2.24, 2.45) is 0 Å². The minimum absolute atomic E-state index is 0.0689. The third kappa shape index (κ3) is 8.84. The van der Waals surface area contributed by atoms with Crippen LogP contribution in [0.2, 0.25) is 0 Å². The first-order valence-electron chi connectivity index (χ1n) is 11.1. The first-order valence-corrected chi connectivity index (χ1v) is 11.1. The second-order valence-electron chi connectivity index (χ2n) is 9.04. The number of carbonyl (C=O) groups is 4. The molecule has 0 aliphatic rings. The molecule has 2 amide bonds. The Labute approximate surface area is 204 Å². The van der Waals surface area contributed by atoms with E-state index in [0.29, 0.717) is 11.1 Å². The molecule has 0 heterocycles. The molecule has 2 atom stereocenters. The average molecular weight is 487 g/mol. The quantitative estimate of drug-likeness (QED) is 0.528. The van der Waals surface area contributed by atoms with E-state index in [0.717, 1.165) is 0 Å². The Morgan fingerprint density at radius 2 is 1.54 bits per heavy atom. The smallest absolute Gasteiger partial charge is 0.338 e. The van der Waals surface area contributed by atoms with Gasteiger partial charge < -0.3 is 20.1 Å². The van der Waals surface area contributed by atoms with Crippen LogP contribution in [0.1, 0.15) is 49.2 Å². The topological polar surface area (TPSA) is 111 Å². The second-order valence-corrected chi connectivity index (χ2v) is 9.04. The van der Waals surface area contributed by atoms with Crippen LogP contribution in [0.5, 0.6) is 0 Å². The largest absolute Gasteiger partial charge is 0.467 e. The van der Waals surface area contributed by atoms with Crippen LogP contribution < -0.4 is 10.6 Å². The molecule has 2 aromatic rings. The highest BCUT2D eigenvalue weighted by Crippen LogP contribution is 2.15. The second kappa shape index (κ2) is 12.1. The molecule has 0 fully saturated rings. The number of ether oxygens (including phenoxy) is 2. The Hall–Kier alpha value is -3.75. The fraction of sp³-hybridized carbons (Fsp3) is 0.385. The Kier molecular flexibility index (Phi) is 9.50.